The maximum absolute atomic E-state index is 12.4. The summed E-state index contributed by atoms with van der Waals surface area (Å²) in [6.07, 6.45) is 1.59. The Morgan fingerprint density at radius 3 is 2.38 bits per heavy atom. The molecule has 0 saturated carbocycles. The van der Waals surface area contributed by atoms with Crippen molar-refractivity contribution in [1.82, 2.24) is 25.2 Å². The second-order valence-electron chi connectivity index (χ2n) is 7.04. The SMILES string of the molecule is CN=C(NCCN1C(=O)c2ccccc2C1=O)N1CCN(Cc2ccon2)CC1. The molecule has 152 valence electrons. The van der Waals surface area contributed by atoms with E-state index in [4.69, 9.17) is 4.52 Å². The molecule has 4 rings (SSSR count). The van der Waals surface area contributed by atoms with Crippen LogP contribution in [0.4, 0.5) is 0 Å². The molecule has 1 N–H and O–H groups in total. The van der Waals surface area contributed by atoms with Crippen molar-refractivity contribution >= 4 is 17.8 Å². The fourth-order valence-electron chi connectivity index (χ4n) is 3.72. The van der Waals surface area contributed by atoms with Crippen molar-refractivity contribution in [3.63, 3.8) is 0 Å². The molecule has 9 nitrogen and oxygen atoms in total. The number of hydrogen-bond acceptors (Lipinski definition) is 6. The lowest BCUT2D eigenvalue weighted by molar-refractivity contribution is 0.0656. The van der Waals surface area contributed by atoms with Crippen molar-refractivity contribution in [2.45, 2.75) is 6.54 Å². The number of aromatic nitrogens is 1. The van der Waals surface area contributed by atoms with Crippen LogP contribution in [0.2, 0.25) is 0 Å². The van der Waals surface area contributed by atoms with E-state index in [1.54, 1.807) is 37.6 Å². The van der Waals surface area contributed by atoms with E-state index in [2.05, 4.69) is 25.3 Å². The third kappa shape index (κ3) is 4.00. The summed E-state index contributed by atoms with van der Waals surface area (Å²) in [6, 6.07) is 8.82. The molecule has 0 aliphatic carbocycles. The van der Waals surface area contributed by atoms with E-state index in [1.165, 1.54) is 4.90 Å². The third-order valence-corrected chi connectivity index (χ3v) is 5.26. The summed E-state index contributed by atoms with van der Waals surface area (Å²) in [5, 5.41) is 7.24. The predicted octanol–water partition coefficient (Wildman–Crippen LogP) is 0.664. The van der Waals surface area contributed by atoms with Gasteiger partial charge >= 0.3 is 0 Å². The van der Waals surface area contributed by atoms with Crippen molar-refractivity contribution in [1.29, 1.82) is 0 Å². The molecule has 1 aromatic carbocycles. The molecule has 29 heavy (non-hydrogen) atoms. The highest BCUT2D eigenvalue weighted by atomic mass is 16.5. The third-order valence-electron chi connectivity index (χ3n) is 5.26. The van der Waals surface area contributed by atoms with Gasteiger partial charge in [0.1, 0.15) is 6.26 Å². The van der Waals surface area contributed by atoms with Gasteiger partial charge in [-0.25, -0.2) is 0 Å². The summed E-state index contributed by atoms with van der Waals surface area (Å²) >= 11 is 0. The largest absolute Gasteiger partial charge is 0.364 e. The van der Waals surface area contributed by atoms with Crippen molar-refractivity contribution in [3.05, 3.63) is 53.4 Å². The summed E-state index contributed by atoms with van der Waals surface area (Å²) in [7, 11) is 1.74. The van der Waals surface area contributed by atoms with E-state index in [9.17, 15) is 9.59 Å². The standard InChI is InChI=1S/C20H24N6O3/c1-21-20(25-11-9-24(10-12-25)14-15-6-13-29-23-15)22-7-8-26-18(27)16-4-2-3-5-17(16)19(26)28/h2-6,13H,7-12,14H2,1H3,(H,21,22). The number of nitrogens with one attached hydrogen (secondary N) is 1. The van der Waals surface area contributed by atoms with Gasteiger partial charge < -0.3 is 14.7 Å². The Labute approximate surface area is 169 Å². The Morgan fingerprint density at radius 1 is 1.10 bits per heavy atom. The van der Waals surface area contributed by atoms with Gasteiger partial charge in [0.2, 0.25) is 0 Å². The van der Waals surface area contributed by atoms with Crippen LogP contribution in [0.1, 0.15) is 26.4 Å². The van der Waals surface area contributed by atoms with Gasteiger partial charge in [0.05, 0.1) is 16.8 Å². The fourth-order valence-corrected chi connectivity index (χ4v) is 3.72. The van der Waals surface area contributed by atoms with E-state index in [0.29, 0.717) is 24.2 Å². The highest BCUT2D eigenvalue weighted by Crippen LogP contribution is 2.21. The van der Waals surface area contributed by atoms with Gasteiger partial charge in [-0.2, -0.15) is 0 Å². The van der Waals surface area contributed by atoms with Crippen LogP contribution in [0.3, 0.4) is 0 Å². The Bertz CT molecular complexity index is 868. The number of amides is 2. The number of guanidine groups is 1. The molecule has 2 aliphatic heterocycles. The first kappa shape index (κ1) is 19.1. The van der Waals surface area contributed by atoms with E-state index < -0.39 is 0 Å². The number of carbonyl (C=O) groups excluding carboxylic acids is 2. The average molecular weight is 396 g/mol. The first-order chi connectivity index (χ1) is 14.2. The zero-order chi connectivity index (χ0) is 20.2. The quantitative estimate of drug-likeness (QED) is 0.451. The molecular formula is C20H24N6O3. The molecule has 2 aromatic rings. The number of imide groups is 1. The maximum atomic E-state index is 12.4. The number of benzene rings is 1. The normalized spacial score (nSPS) is 17.8. The monoisotopic (exact) mass is 396 g/mol. The van der Waals surface area contributed by atoms with E-state index in [0.717, 1.165) is 44.4 Å². The van der Waals surface area contributed by atoms with Gasteiger partial charge in [-0.3, -0.25) is 24.4 Å². The number of rotatable bonds is 5. The van der Waals surface area contributed by atoms with Gasteiger partial charge in [-0.15, -0.1) is 0 Å². The van der Waals surface area contributed by atoms with Crippen molar-refractivity contribution in [2.75, 3.05) is 46.3 Å². The number of aliphatic imine (C=N–C) groups is 1. The first-order valence-electron chi connectivity index (χ1n) is 9.70. The topological polar surface area (TPSA) is 94.3 Å². The molecule has 0 spiro atoms. The van der Waals surface area contributed by atoms with Crippen LogP contribution in [0, 0.1) is 0 Å². The Morgan fingerprint density at radius 2 is 1.79 bits per heavy atom. The van der Waals surface area contributed by atoms with Gasteiger partial charge in [-0.1, -0.05) is 17.3 Å². The molecule has 0 atom stereocenters. The van der Waals surface area contributed by atoms with Crippen LogP contribution >= 0.6 is 0 Å². The molecule has 1 aromatic heterocycles. The van der Waals surface area contributed by atoms with Crippen LogP contribution in [0.15, 0.2) is 46.1 Å². The number of piperazine rings is 1. The second kappa shape index (κ2) is 8.44. The van der Waals surface area contributed by atoms with Crippen LogP contribution < -0.4 is 5.32 Å². The summed E-state index contributed by atoms with van der Waals surface area (Å²) < 4.78 is 4.89. The van der Waals surface area contributed by atoms with Gasteiger partial charge in [0.25, 0.3) is 11.8 Å². The highest BCUT2D eigenvalue weighted by Gasteiger charge is 2.34. The van der Waals surface area contributed by atoms with Gasteiger partial charge in [-0.05, 0) is 12.1 Å². The van der Waals surface area contributed by atoms with Crippen LogP contribution in [0.25, 0.3) is 0 Å². The molecule has 2 amide bonds. The molecule has 0 bridgehead atoms. The summed E-state index contributed by atoms with van der Waals surface area (Å²) in [6.45, 7) is 5.00. The number of nitrogens with zero attached hydrogens (tertiary/aromatic N) is 5. The molecule has 2 aliphatic rings. The van der Waals surface area contributed by atoms with Crippen LogP contribution in [-0.2, 0) is 6.54 Å². The molecule has 1 fully saturated rings. The number of fused-ring (bicyclic) bond motifs is 1. The zero-order valence-electron chi connectivity index (χ0n) is 16.4. The lowest BCUT2D eigenvalue weighted by Crippen LogP contribution is -2.53. The molecular weight excluding hydrogens is 372 g/mol. The molecule has 0 radical (unpaired) electrons. The minimum atomic E-state index is -0.233. The van der Waals surface area contributed by atoms with Crippen molar-refractivity contribution < 1.29 is 14.1 Å². The summed E-state index contributed by atoms with van der Waals surface area (Å²) in [5.74, 6) is 0.315. The highest BCUT2D eigenvalue weighted by molar-refractivity contribution is 6.21. The fraction of sp³-hybridized carbons (Fsp3) is 0.400. The van der Waals surface area contributed by atoms with E-state index in [1.807, 2.05) is 6.07 Å². The molecule has 9 heteroatoms. The Hall–Kier alpha value is -3.20. The molecule has 3 heterocycles. The number of carbonyl (C=O) groups is 2. The second-order valence-corrected chi connectivity index (χ2v) is 7.04. The lowest BCUT2D eigenvalue weighted by Gasteiger charge is -2.36. The average Bonchev–Trinajstić information content (AvgIpc) is 3.34. The summed E-state index contributed by atoms with van der Waals surface area (Å²) in [5.41, 5.74) is 1.89. The minimum Gasteiger partial charge on any atom is -0.364 e. The predicted molar refractivity (Wildman–Crippen MR) is 107 cm³/mol. The van der Waals surface area contributed by atoms with E-state index >= 15 is 0 Å². The zero-order valence-corrected chi connectivity index (χ0v) is 16.4. The summed E-state index contributed by atoms with van der Waals surface area (Å²) in [4.78, 5) is 35.0. The Balaban J connectivity index is 1.25. The minimum absolute atomic E-state index is 0.233. The smallest absolute Gasteiger partial charge is 0.261 e. The molecule has 1 saturated heterocycles. The van der Waals surface area contributed by atoms with Crippen LogP contribution in [0.5, 0.6) is 0 Å². The van der Waals surface area contributed by atoms with Crippen molar-refractivity contribution in [2.24, 2.45) is 4.99 Å². The van der Waals surface area contributed by atoms with Gasteiger partial charge in [0.15, 0.2) is 5.96 Å². The van der Waals surface area contributed by atoms with Gasteiger partial charge in [0, 0.05) is 58.9 Å². The van der Waals surface area contributed by atoms with Crippen molar-refractivity contribution in [3.8, 4) is 0 Å². The number of hydrogen-bond donors (Lipinski definition) is 1. The lowest BCUT2D eigenvalue weighted by atomic mass is 10.1. The van der Waals surface area contributed by atoms with Crippen LogP contribution in [-0.4, -0.2) is 83.9 Å². The molecule has 0 unspecified atom stereocenters. The Kier molecular flexibility index (Phi) is 5.57. The first-order valence-corrected chi connectivity index (χ1v) is 9.70. The maximum Gasteiger partial charge on any atom is 0.261 e. The van der Waals surface area contributed by atoms with E-state index in [-0.39, 0.29) is 11.8 Å².